The van der Waals surface area contributed by atoms with Crippen LogP contribution < -0.4 is 15.6 Å². The maximum Gasteiger partial charge on any atom is 0.263 e. The highest BCUT2D eigenvalue weighted by Gasteiger charge is 2.21. The number of pyridine rings is 2. The fourth-order valence-electron chi connectivity index (χ4n) is 3.25. The molecule has 1 aromatic carbocycles. The van der Waals surface area contributed by atoms with Crippen molar-refractivity contribution in [3.05, 3.63) is 58.5 Å². The highest BCUT2D eigenvalue weighted by Crippen LogP contribution is 2.31. The Balaban J connectivity index is 2.04. The Labute approximate surface area is 144 Å². The third-order valence-corrected chi connectivity index (χ3v) is 4.38. The quantitative estimate of drug-likeness (QED) is 0.747. The van der Waals surface area contributed by atoms with Gasteiger partial charge in [0.2, 0.25) is 6.41 Å². The molecule has 6 heteroatoms. The van der Waals surface area contributed by atoms with Crippen molar-refractivity contribution in [2.75, 3.05) is 11.9 Å². The van der Waals surface area contributed by atoms with Gasteiger partial charge in [0.15, 0.2) is 5.65 Å². The van der Waals surface area contributed by atoms with Crippen LogP contribution in [0.1, 0.15) is 18.4 Å². The topological polar surface area (TPSA) is 73.2 Å². The van der Waals surface area contributed by atoms with Crippen molar-refractivity contribution in [1.29, 1.82) is 0 Å². The summed E-state index contributed by atoms with van der Waals surface area (Å²) < 4.78 is 7.48. The van der Waals surface area contributed by atoms with Crippen molar-refractivity contribution in [3.63, 3.8) is 0 Å². The fraction of sp³-hybridized carbons (Fsp3) is 0.211. The van der Waals surface area contributed by atoms with Gasteiger partial charge in [-0.3, -0.25) is 14.2 Å². The van der Waals surface area contributed by atoms with Crippen LogP contribution in [0.25, 0.3) is 16.7 Å². The normalized spacial score (nSPS) is 13.6. The van der Waals surface area contributed by atoms with Crippen LogP contribution >= 0.6 is 0 Å². The van der Waals surface area contributed by atoms with Gasteiger partial charge in [-0.05, 0) is 49.6 Å². The second kappa shape index (κ2) is 6.39. The summed E-state index contributed by atoms with van der Waals surface area (Å²) in [6.07, 6.45) is 4.80. The average molecular weight is 335 g/mol. The molecule has 1 amide bonds. The summed E-state index contributed by atoms with van der Waals surface area (Å²) in [7, 11) is 0. The van der Waals surface area contributed by atoms with E-state index in [1.54, 1.807) is 29.0 Å². The van der Waals surface area contributed by atoms with Crippen molar-refractivity contribution < 1.29 is 9.53 Å². The first-order valence-electron chi connectivity index (χ1n) is 8.25. The first-order chi connectivity index (χ1) is 12.3. The van der Waals surface area contributed by atoms with E-state index in [9.17, 15) is 9.59 Å². The van der Waals surface area contributed by atoms with Crippen LogP contribution in [0.4, 0.5) is 5.69 Å². The summed E-state index contributed by atoms with van der Waals surface area (Å²) in [5.74, 6) is 0.657. The predicted octanol–water partition coefficient (Wildman–Crippen LogP) is 2.67. The summed E-state index contributed by atoms with van der Waals surface area (Å²) >= 11 is 0. The summed E-state index contributed by atoms with van der Waals surface area (Å²) in [6.45, 7) is 0.610. The molecule has 0 aliphatic carbocycles. The number of aromatic nitrogens is 2. The van der Waals surface area contributed by atoms with E-state index in [-0.39, 0.29) is 5.56 Å². The van der Waals surface area contributed by atoms with Crippen LogP contribution in [0.5, 0.6) is 5.75 Å². The number of hydrogen-bond acceptors (Lipinski definition) is 4. The van der Waals surface area contributed by atoms with Gasteiger partial charge in [-0.25, -0.2) is 4.98 Å². The molecule has 0 unspecified atom stereocenters. The van der Waals surface area contributed by atoms with Gasteiger partial charge in [0.05, 0.1) is 23.2 Å². The molecule has 3 heterocycles. The first kappa shape index (κ1) is 15.4. The van der Waals surface area contributed by atoms with Crippen molar-refractivity contribution >= 4 is 23.1 Å². The molecule has 0 saturated heterocycles. The lowest BCUT2D eigenvalue weighted by Gasteiger charge is -2.16. The number of amides is 1. The molecule has 1 aliphatic heterocycles. The predicted molar refractivity (Wildman–Crippen MR) is 95.5 cm³/mol. The molecule has 2 aromatic heterocycles. The molecule has 25 heavy (non-hydrogen) atoms. The lowest BCUT2D eigenvalue weighted by atomic mass is 10.1. The van der Waals surface area contributed by atoms with E-state index in [4.69, 9.17) is 4.74 Å². The lowest BCUT2D eigenvalue weighted by Crippen LogP contribution is -2.24. The molecule has 0 fully saturated rings. The number of nitrogens with one attached hydrogen (secondary N) is 1. The third kappa shape index (κ3) is 2.65. The van der Waals surface area contributed by atoms with E-state index in [1.165, 1.54) is 0 Å². The molecule has 4 rings (SSSR count). The fourth-order valence-corrected chi connectivity index (χ4v) is 3.25. The maximum absolute atomic E-state index is 13.2. The zero-order valence-corrected chi connectivity index (χ0v) is 13.6. The second-order valence-electron chi connectivity index (χ2n) is 5.94. The first-order valence-corrected chi connectivity index (χ1v) is 8.25. The van der Waals surface area contributed by atoms with Crippen LogP contribution in [0, 0.1) is 0 Å². The number of rotatable bonds is 3. The van der Waals surface area contributed by atoms with E-state index in [2.05, 4.69) is 10.3 Å². The third-order valence-electron chi connectivity index (χ3n) is 4.38. The Hall–Kier alpha value is -3.15. The highest BCUT2D eigenvalue weighted by molar-refractivity contribution is 5.85. The van der Waals surface area contributed by atoms with Gasteiger partial charge in [0, 0.05) is 11.9 Å². The molecule has 0 atom stereocenters. The van der Waals surface area contributed by atoms with Crippen LogP contribution in [0.3, 0.4) is 0 Å². The van der Waals surface area contributed by atoms with Crippen molar-refractivity contribution in [3.8, 4) is 11.4 Å². The van der Waals surface area contributed by atoms with Crippen LogP contribution in [0.15, 0.2) is 47.4 Å². The second-order valence-corrected chi connectivity index (χ2v) is 5.94. The Morgan fingerprint density at radius 1 is 1.20 bits per heavy atom. The minimum absolute atomic E-state index is 0.119. The largest absolute Gasteiger partial charge is 0.492 e. The van der Waals surface area contributed by atoms with Gasteiger partial charge >= 0.3 is 0 Å². The molecule has 0 radical (unpaired) electrons. The number of nitrogens with zero attached hydrogens (tertiary/aromatic N) is 2. The lowest BCUT2D eigenvalue weighted by molar-refractivity contribution is -0.105. The summed E-state index contributed by atoms with van der Waals surface area (Å²) in [4.78, 5) is 28.4. The van der Waals surface area contributed by atoms with Crippen molar-refractivity contribution in [2.24, 2.45) is 0 Å². The van der Waals surface area contributed by atoms with E-state index >= 15 is 0 Å². The minimum atomic E-state index is -0.119. The van der Waals surface area contributed by atoms with Gasteiger partial charge < -0.3 is 10.1 Å². The smallest absolute Gasteiger partial charge is 0.263 e. The molecule has 0 spiro atoms. The number of fused-ring (bicyclic) bond motifs is 3. The van der Waals surface area contributed by atoms with Crippen LogP contribution in [-0.2, 0) is 11.2 Å². The summed E-state index contributed by atoms with van der Waals surface area (Å²) in [6, 6.07) is 10.9. The summed E-state index contributed by atoms with van der Waals surface area (Å²) in [5, 5.41) is 3.44. The molecule has 1 N–H and O–H groups in total. The maximum atomic E-state index is 13.2. The number of ether oxygens (including phenoxy) is 1. The molecular weight excluding hydrogens is 318 g/mol. The monoisotopic (exact) mass is 335 g/mol. The Bertz CT molecular complexity index is 1010. The number of carbonyl (C=O) groups excluding carboxylic acids is 1. The van der Waals surface area contributed by atoms with Gasteiger partial charge in [0.25, 0.3) is 5.56 Å². The molecule has 6 nitrogen and oxygen atoms in total. The molecule has 1 aliphatic rings. The highest BCUT2D eigenvalue weighted by atomic mass is 16.5. The van der Waals surface area contributed by atoms with Gasteiger partial charge in [0.1, 0.15) is 5.75 Å². The van der Waals surface area contributed by atoms with E-state index < -0.39 is 0 Å². The van der Waals surface area contributed by atoms with E-state index in [1.807, 2.05) is 18.2 Å². The zero-order chi connectivity index (χ0) is 17.2. The molecular formula is C19H17N3O3. The molecule has 126 valence electrons. The Morgan fingerprint density at radius 2 is 2.12 bits per heavy atom. The van der Waals surface area contributed by atoms with Gasteiger partial charge in [-0.15, -0.1) is 0 Å². The molecule has 0 saturated carbocycles. The SMILES string of the molecule is O=CNc1cccc(-n2c(=O)c3c(c4cccnc42)OCCCC3)c1. The zero-order valence-electron chi connectivity index (χ0n) is 13.6. The van der Waals surface area contributed by atoms with E-state index in [0.717, 1.165) is 18.2 Å². The molecule has 0 bridgehead atoms. The van der Waals surface area contributed by atoms with Gasteiger partial charge in [-0.2, -0.15) is 0 Å². The number of benzene rings is 1. The summed E-state index contributed by atoms with van der Waals surface area (Å²) in [5.41, 5.74) is 2.40. The minimum Gasteiger partial charge on any atom is -0.492 e. The van der Waals surface area contributed by atoms with Crippen LogP contribution in [-0.4, -0.2) is 22.6 Å². The Morgan fingerprint density at radius 3 is 3.00 bits per heavy atom. The number of hydrogen-bond donors (Lipinski definition) is 1. The van der Waals surface area contributed by atoms with E-state index in [0.29, 0.717) is 47.8 Å². The Kier molecular flexibility index (Phi) is 3.93. The van der Waals surface area contributed by atoms with Crippen LogP contribution in [0.2, 0.25) is 0 Å². The average Bonchev–Trinajstić information content (AvgIpc) is 2.89. The number of carbonyl (C=O) groups is 1. The molecule has 3 aromatic rings. The standard InChI is InChI=1S/C19H17N3O3/c23-12-21-13-5-3-6-14(11-13)22-18-15(8-4-9-20-18)17-16(19(22)24)7-1-2-10-25-17/h3-6,8-9,11-12H,1-2,7,10H2,(H,21,23). The number of anilines is 1. The van der Waals surface area contributed by atoms with Gasteiger partial charge in [-0.1, -0.05) is 6.07 Å². The van der Waals surface area contributed by atoms with Crippen molar-refractivity contribution in [2.45, 2.75) is 19.3 Å². The van der Waals surface area contributed by atoms with Crippen molar-refractivity contribution in [1.82, 2.24) is 9.55 Å².